The van der Waals surface area contributed by atoms with E-state index < -0.39 is 38.2 Å². The molecule has 0 radical (unpaired) electrons. The number of benzene rings is 1. The van der Waals surface area contributed by atoms with Crippen molar-refractivity contribution < 1.29 is 17.6 Å². The highest BCUT2D eigenvalue weighted by Gasteiger charge is 2.22. The molecule has 1 amide bonds. The summed E-state index contributed by atoms with van der Waals surface area (Å²) in [6.07, 6.45) is 0. The van der Waals surface area contributed by atoms with Crippen molar-refractivity contribution in [3.05, 3.63) is 23.0 Å². The molecule has 0 aliphatic rings. The molecule has 0 aliphatic heterocycles. The van der Waals surface area contributed by atoms with Gasteiger partial charge < -0.3 is 11.1 Å². The van der Waals surface area contributed by atoms with Crippen molar-refractivity contribution in [2.45, 2.75) is 4.90 Å². The Balaban J connectivity index is 3.09. The predicted molar refractivity (Wildman–Crippen MR) is 65.1 cm³/mol. The molecular formula is C9H11ClFN3O3S. The van der Waals surface area contributed by atoms with Crippen molar-refractivity contribution in [2.75, 3.05) is 19.3 Å². The minimum Gasteiger partial charge on any atom is -0.399 e. The second-order valence-corrected chi connectivity index (χ2v) is 5.46. The summed E-state index contributed by atoms with van der Waals surface area (Å²) in [6, 6.07) is 2.02. The Kier molecular flexibility index (Phi) is 4.49. The number of hydrogen-bond donors (Lipinski definition) is 3. The lowest BCUT2D eigenvalue weighted by Gasteiger charge is -2.08. The van der Waals surface area contributed by atoms with Crippen LogP contribution < -0.4 is 15.8 Å². The van der Waals surface area contributed by atoms with Gasteiger partial charge in [-0.05, 0) is 12.1 Å². The lowest BCUT2D eigenvalue weighted by atomic mass is 10.3. The maximum Gasteiger partial charge on any atom is 0.244 e. The fraction of sp³-hybridized carbons (Fsp3) is 0.222. The van der Waals surface area contributed by atoms with Gasteiger partial charge in [-0.3, -0.25) is 4.79 Å². The van der Waals surface area contributed by atoms with Crippen LogP contribution in [0.15, 0.2) is 17.0 Å². The molecule has 6 nitrogen and oxygen atoms in total. The highest BCUT2D eigenvalue weighted by molar-refractivity contribution is 7.89. The number of halogens is 2. The average Bonchev–Trinajstić information content (AvgIpc) is 2.30. The van der Waals surface area contributed by atoms with E-state index in [0.29, 0.717) is 0 Å². The van der Waals surface area contributed by atoms with Gasteiger partial charge in [0.05, 0.1) is 11.6 Å². The number of anilines is 1. The molecule has 0 saturated heterocycles. The van der Waals surface area contributed by atoms with Gasteiger partial charge in [-0.25, -0.2) is 17.5 Å². The molecule has 0 heterocycles. The van der Waals surface area contributed by atoms with Crippen LogP contribution in [0.1, 0.15) is 0 Å². The van der Waals surface area contributed by atoms with Crippen LogP contribution in [-0.4, -0.2) is 27.9 Å². The van der Waals surface area contributed by atoms with Crippen molar-refractivity contribution in [3.8, 4) is 0 Å². The third-order valence-electron chi connectivity index (χ3n) is 2.01. The number of carbonyl (C=O) groups excluding carboxylic acids is 1. The first kappa shape index (κ1) is 14.7. The molecule has 1 aromatic carbocycles. The number of carbonyl (C=O) groups is 1. The van der Waals surface area contributed by atoms with E-state index in [1.165, 1.54) is 7.05 Å². The van der Waals surface area contributed by atoms with E-state index in [2.05, 4.69) is 5.32 Å². The number of nitrogens with one attached hydrogen (secondary N) is 2. The Labute approximate surface area is 108 Å². The SMILES string of the molecule is CNC(=O)CNS(=O)(=O)c1cc(N)cc(Cl)c1F. The van der Waals surface area contributed by atoms with Crippen LogP contribution in [0, 0.1) is 5.82 Å². The molecular weight excluding hydrogens is 285 g/mol. The van der Waals surface area contributed by atoms with E-state index in [9.17, 15) is 17.6 Å². The molecule has 4 N–H and O–H groups in total. The number of nitrogens with two attached hydrogens (primary N) is 1. The lowest BCUT2D eigenvalue weighted by molar-refractivity contribution is -0.119. The number of hydrogen-bond acceptors (Lipinski definition) is 4. The smallest absolute Gasteiger partial charge is 0.244 e. The van der Waals surface area contributed by atoms with Crippen LogP contribution in [0.25, 0.3) is 0 Å². The van der Waals surface area contributed by atoms with E-state index in [1.54, 1.807) is 0 Å². The van der Waals surface area contributed by atoms with E-state index in [4.69, 9.17) is 17.3 Å². The highest BCUT2D eigenvalue weighted by atomic mass is 35.5. The monoisotopic (exact) mass is 295 g/mol. The van der Waals surface area contributed by atoms with Gasteiger partial charge in [-0.1, -0.05) is 11.6 Å². The van der Waals surface area contributed by atoms with E-state index >= 15 is 0 Å². The van der Waals surface area contributed by atoms with Crippen molar-refractivity contribution >= 4 is 33.2 Å². The predicted octanol–water partition coefficient (Wildman–Crippen LogP) is 0.0856. The molecule has 1 aromatic rings. The summed E-state index contributed by atoms with van der Waals surface area (Å²) < 4.78 is 39.0. The molecule has 18 heavy (non-hydrogen) atoms. The molecule has 100 valence electrons. The van der Waals surface area contributed by atoms with Gasteiger partial charge in [0.1, 0.15) is 4.90 Å². The van der Waals surface area contributed by atoms with Gasteiger partial charge in [0.2, 0.25) is 15.9 Å². The standard InChI is InChI=1S/C9H11ClFN3O3S/c1-13-8(15)4-14-18(16,17)7-3-5(12)2-6(10)9(7)11/h2-3,14H,4,12H2,1H3,(H,13,15). The molecule has 0 aliphatic carbocycles. The molecule has 0 saturated carbocycles. The normalized spacial score (nSPS) is 11.3. The average molecular weight is 296 g/mol. The van der Waals surface area contributed by atoms with Crippen molar-refractivity contribution in [2.24, 2.45) is 0 Å². The van der Waals surface area contributed by atoms with E-state index in [1.807, 2.05) is 4.72 Å². The van der Waals surface area contributed by atoms with Gasteiger partial charge in [0, 0.05) is 12.7 Å². The summed E-state index contributed by atoms with van der Waals surface area (Å²) in [6.45, 7) is -0.509. The largest absolute Gasteiger partial charge is 0.399 e. The molecule has 0 unspecified atom stereocenters. The van der Waals surface area contributed by atoms with Crippen molar-refractivity contribution in [1.82, 2.24) is 10.0 Å². The first-order valence-corrected chi connectivity index (χ1v) is 6.59. The van der Waals surface area contributed by atoms with Crippen LogP contribution in [0.3, 0.4) is 0 Å². The fourth-order valence-electron chi connectivity index (χ4n) is 1.11. The maximum atomic E-state index is 13.6. The van der Waals surface area contributed by atoms with Gasteiger partial charge >= 0.3 is 0 Å². The number of amides is 1. The molecule has 9 heteroatoms. The van der Waals surface area contributed by atoms with Crippen LogP contribution in [0.2, 0.25) is 5.02 Å². The zero-order chi connectivity index (χ0) is 13.9. The summed E-state index contributed by atoms with van der Waals surface area (Å²) in [5.41, 5.74) is 5.39. The Hall–Kier alpha value is -1.38. The van der Waals surface area contributed by atoms with Crippen LogP contribution in [0.5, 0.6) is 0 Å². The number of nitrogen functional groups attached to an aromatic ring is 1. The van der Waals surface area contributed by atoms with Gasteiger partial charge in [-0.15, -0.1) is 0 Å². The summed E-state index contributed by atoms with van der Waals surface area (Å²) in [7, 11) is -2.85. The van der Waals surface area contributed by atoms with Crippen molar-refractivity contribution in [3.63, 3.8) is 0 Å². The van der Waals surface area contributed by atoms with Crippen LogP contribution in [0.4, 0.5) is 10.1 Å². The Morgan fingerprint density at radius 2 is 2.11 bits per heavy atom. The third kappa shape index (κ3) is 3.31. The van der Waals surface area contributed by atoms with Gasteiger partial charge in [-0.2, -0.15) is 0 Å². The molecule has 1 rings (SSSR count). The zero-order valence-electron chi connectivity index (χ0n) is 9.33. The third-order valence-corrected chi connectivity index (χ3v) is 3.68. The summed E-state index contributed by atoms with van der Waals surface area (Å²) >= 11 is 5.49. The zero-order valence-corrected chi connectivity index (χ0v) is 10.9. The number of sulfonamides is 1. The number of rotatable bonds is 4. The second kappa shape index (κ2) is 5.51. The first-order chi connectivity index (χ1) is 8.27. The van der Waals surface area contributed by atoms with E-state index in [-0.39, 0.29) is 5.69 Å². The Bertz CT molecular complexity index is 577. The Morgan fingerprint density at radius 3 is 2.67 bits per heavy atom. The summed E-state index contributed by atoms with van der Waals surface area (Å²) in [5.74, 6) is -1.68. The topological polar surface area (TPSA) is 101 Å². The highest BCUT2D eigenvalue weighted by Crippen LogP contribution is 2.25. The minimum absolute atomic E-state index is 0.00159. The second-order valence-electron chi connectivity index (χ2n) is 3.31. The summed E-state index contributed by atoms with van der Waals surface area (Å²) in [4.78, 5) is 10.2. The maximum absolute atomic E-state index is 13.6. The molecule has 0 fully saturated rings. The molecule has 0 spiro atoms. The van der Waals surface area contributed by atoms with Gasteiger partial charge in [0.25, 0.3) is 0 Å². The molecule has 0 aromatic heterocycles. The Morgan fingerprint density at radius 1 is 1.50 bits per heavy atom. The quantitative estimate of drug-likeness (QED) is 0.685. The minimum atomic E-state index is -4.19. The summed E-state index contributed by atoms with van der Waals surface area (Å²) in [5, 5.41) is 1.81. The lowest BCUT2D eigenvalue weighted by Crippen LogP contribution is -2.35. The van der Waals surface area contributed by atoms with Gasteiger partial charge in [0.15, 0.2) is 5.82 Å². The van der Waals surface area contributed by atoms with Crippen molar-refractivity contribution in [1.29, 1.82) is 0 Å². The molecule has 0 bridgehead atoms. The van der Waals surface area contributed by atoms with Crippen LogP contribution in [-0.2, 0) is 14.8 Å². The first-order valence-electron chi connectivity index (χ1n) is 4.72. The van der Waals surface area contributed by atoms with Crippen LogP contribution >= 0.6 is 11.6 Å². The number of likely N-dealkylation sites (N-methyl/N-ethyl adjacent to an activating group) is 1. The fourth-order valence-corrected chi connectivity index (χ4v) is 2.50. The van der Waals surface area contributed by atoms with E-state index in [0.717, 1.165) is 12.1 Å². The molecule has 0 atom stereocenters.